The summed E-state index contributed by atoms with van der Waals surface area (Å²) in [5, 5.41) is 14.1. The molecule has 0 aliphatic carbocycles. The third-order valence-corrected chi connectivity index (χ3v) is 3.40. The van der Waals surface area contributed by atoms with Gasteiger partial charge in [-0.3, -0.25) is 14.9 Å². The molecule has 1 N–H and O–H groups in total. The summed E-state index contributed by atoms with van der Waals surface area (Å²) in [6.45, 7) is 1.62. The van der Waals surface area contributed by atoms with Gasteiger partial charge in [0.1, 0.15) is 5.75 Å². The molecule has 0 saturated carbocycles. The molecule has 0 saturated heterocycles. The lowest BCUT2D eigenvalue weighted by Crippen LogP contribution is -2.31. The van der Waals surface area contributed by atoms with Crippen molar-refractivity contribution >= 4 is 23.2 Å². The summed E-state index contributed by atoms with van der Waals surface area (Å²) in [4.78, 5) is 22.1. The SMILES string of the molecule is C[C@@H](NC(=O)COc1cccc([N+](=O)[O-])c1)c1ccc(Cl)cc1. The first-order valence-electron chi connectivity index (χ1n) is 6.88. The Labute approximate surface area is 138 Å². The van der Waals surface area contributed by atoms with Crippen molar-refractivity contribution in [2.45, 2.75) is 13.0 Å². The number of nitro benzene ring substituents is 1. The first kappa shape index (κ1) is 16.8. The minimum Gasteiger partial charge on any atom is -0.484 e. The van der Waals surface area contributed by atoms with Crippen LogP contribution in [0.3, 0.4) is 0 Å². The fraction of sp³-hybridized carbons (Fsp3) is 0.188. The van der Waals surface area contributed by atoms with Gasteiger partial charge in [-0.15, -0.1) is 0 Å². The third kappa shape index (κ3) is 4.96. The van der Waals surface area contributed by atoms with Crippen molar-refractivity contribution in [1.29, 1.82) is 0 Å². The largest absolute Gasteiger partial charge is 0.484 e. The Morgan fingerprint density at radius 3 is 2.65 bits per heavy atom. The Hall–Kier alpha value is -2.60. The maximum atomic E-state index is 11.9. The normalized spacial score (nSPS) is 11.6. The second-order valence-corrected chi connectivity index (χ2v) is 5.32. The van der Waals surface area contributed by atoms with Crippen molar-refractivity contribution in [3.8, 4) is 5.75 Å². The Morgan fingerprint density at radius 1 is 1.30 bits per heavy atom. The van der Waals surface area contributed by atoms with E-state index >= 15 is 0 Å². The van der Waals surface area contributed by atoms with Crippen LogP contribution in [0.25, 0.3) is 0 Å². The van der Waals surface area contributed by atoms with Gasteiger partial charge in [0, 0.05) is 11.1 Å². The van der Waals surface area contributed by atoms with Gasteiger partial charge in [-0.05, 0) is 30.7 Å². The van der Waals surface area contributed by atoms with E-state index in [2.05, 4.69) is 5.32 Å². The number of carbonyl (C=O) groups excluding carboxylic acids is 1. The Morgan fingerprint density at radius 2 is 2.00 bits per heavy atom. The van der Waals surface area contributed by atoms with Crippen LogP contribution in [0.4, 0.5) is 5.69 Å². The molecule has 0 aliphatic rings. The van der Waals surface area contributed by atoms with Crippen LogP contribution >= 0.6 is 11.6 Å². The second-order valence-electron chi connectivity index (χ2n) is 4.88. The maximum absolute atomic E-state index is 11.9. The molecule has 2 aromatic carbocycles. The summed E-state index contributed by atoms with van der Waals surface area (Å²) in [5.74, 6) is -0.0487. The quantitative estimate of drug-likeness (QED) is 0.647. The molecule has 7 heteroatoms. The number of hydrogen-bond acceptors (Lipinski definition) is 4. The van der Waals surface area contributed by atoms with E-state index in [-0.39, 0.29) is 30.0 Å². The number of ether oxygens (including phenoxy) is 1. The summed E-state index contributed by atoms with van der Waals surface area (Å²) in [5.41, 5.74) is 0.829. The molecule has 23 heavy (non-hydrogen) atoms. The van der Waals surface area contributed by atoms with Crippen LogP contribution in [0.15, 0.2) is 48.5 Å². The summed E-state index contributed by atoms with van der Waals surface area (Å²) in [7, 11) is 0. The monoisotopic (exact) mass is 334 g/mol. The van der Waals surface area contributed by atoms with Crippen LogP contribution in [0.5, 0.6) is 5.75 Å². The minimum atomic E-state index is -0.518. The number of benzene rings is 2. The zero-order chi connectivity index (χ0) is 16.8. The molecule has 6 nitrogen and oxygen atoms in total. The van der Waals surface area contributed by atoms with Crippen molar-refractivity contribution < 1.29 is 14.5 Å². The van der Waals surface area contributed by atoms with Gasteiger partial charge in [0.25, 0.3) is 11.6 Å². The van der Waals surface area contributed by atoms with Gasteiger partial charge in [-0.1, -0.05) is 29.8 Å². The number of nitrogens with one attached hydrogen (secondary N) is 1. The zero-order valence-electron chi connectivity index (χ0n) is 12.4. The van der Waals surface area contributed by atoms with Crippen LogP contribution < -0.4 is 10.1 Å². The van der Waals surface area contributed by atoms with Gasteiger partial charge in [0.05, 0.1) is 17.0 Å². The van der Waals surface area contributed by atoms with Crippen molar-refractivity contribution in [2.75, 3.05) is 6.61 Å². The summed E-state index contributed by atoms with van der Waals surface area (Å²) in [6, 6.07) is 12.6. The van der Waals surface area contributed by atoms with E-state index in [0.29, 0.717) is 5.02 Å². The van der Waals surface area contributed by atoms with Crippen LogP contribution in [0.1, 0.15) is 18.5 Å². The lowest BCUT2D eigenvalue weighted by Gasteiger charge is -2.14. The average molecular weight is 335 g/mol. The smallest absolute Gasteiger partial charge is 0.273 e. The second kappa shape index (κ2) is 7.60. The number of nitro groups is 1. The molecule has 0 aliphatic heterocycles. The van der Waals surface area contributed by atoms with Crippen LogP contribution in [0.2, 0.25) is 5.02 Å². The highest BCUT2D eigenvalue weighted by Gasteiger charge is 2.11. The van der Waals surface area contributed by atoms with E-state index in [1.54, 1.807) is 18.2 Å². The summed E-state index contributed by atoms with van der Waals surface area (Å²) in [6.07, 6.45) is 0. The van der Waals surface area contributed by atoms with E-state index < -0.39 is 4.92 Å². The number of rotatable bonds is 6. The molecule has 0 spiro atoms. The highest BCUT2D eigenvalue weighted by Crippen LogP contribution is 2.19. The molecule has 2 aromatic rings. The third-order valence-electron chi connectivity index (χ3n) is 3.15. The molecule has 0 radical (unpaired) electrons. The van der Waals surface area contributed by atoms with Crippen molar-refractivity contribution in [1.82, 2.24) is 5.32 Å². The Balaban J connectivity index is 1.88. The van der Waals surface area contributed by atoms with Gasteiger partial charge in [0.15, 0.2) is 6.61 Å². The molecular formula is C16H15ClN2O4. The van der Waals surface area contributed by atoms with E-state index in [9.17, 15) is 14.9 Å². The summed E-state index contributed by atoms with van der Waals surface area (Å²) < 4.78 is 5.28. The van der Waals surface area contributed by atoms with Crippen LogP contribution in [-0.4, -0.2) is 17.4 Å². The Kier molecular flexibility index (Phi) is 5.54. The average Bonchev–Trinajstić information content (AvgIpc) is 2.53. The van der Waals surface area contributed by atoms with Crippen molar-refractivity contribution in [2.24, 2.45) is 0 Å². The fourth-order valence-electron chi connectivity index (χ4n) is 1.95. The van der Waals surface area contributed by atoms with Gasteiger partial charge >= 0.3 is 0 Å². The highest BCUT2D eigenvalue weighted by atomic mass is 35.5. The maximum Gasteiger partial charge on any atom is 0.273 e. The number of hydrogen-bond donors (Lipinski definition) is 1. The first-order valence-corrected chi connectivity index (χ1v) is 7.25. The summed E-state index contributed by atoms with van der Waals surface area (Å²) >= 11 is 5.82. The Bertz CT molecular complexity index is 703. The van der Waals surface area contributed by atoms with E-state index in [1.165, 1.54) is 18.2 Å². The number of amides is 1. The number of carbonyl (C=O) groups is 1. The minimum absolute atomic E-state index is 0.0857. The van der Waals surface area contributed by atoms with Gasteiger partial charge in [0.2, 0.25) is 0 Å². The van der Waals surface area contributed by atoms with Crippen molar-refractivity contribution in [3.63, 3.8) is 0 Å². The van der Waals surface area contributed by atoms with Gasteiger partial charge in [-0.25, -0.2) is 0 Å². The lowest BCUT2D eigenvalue weighted by molar-refractivity contribution is -0.384. The van der Waals surface area contributed by atoms with Crippen molar-refractivity contribution in [3.05, 3.63) is 69.2 Å². The molecule has 0 aromatic heterocycles. The number of non-ortho nitro benzene ring substituents is 1. The molecular weight excluding hydrogens is 320 g/mol. The first-order chi connectivity index (χ1) is 11.0. The molecule has 0 unspecified atom stereocenters. The number of nitrogens with zero attached hydrogens (tertiary/aromatic N) is 1. The van der Waals surface area contributed by atoms with Crippen LogP contribution in [0, 0.1) is 10.1 Å². The molecule has 1 amide bonds. The fourth-order valence-corrected chi connectivity index (χ4v) is 2.08. The lowest BCUT2D eigenvalue weighted by atomic mass is 10.1. The van der Waals surface area contributed by atoms with E-state index in [1.807, 2.05) is 19.1 Å². The molecule has 0 bridgehead atoms. The predicted octanol–water partition coefficient (Wildman–Crippen LogP) is 3.50. The molecule has 120 valence electrons. The predicted molar refractivity (Wildman–Crippen MR) is 86.6 cm³/mol. The zero-order valence-corrected chi connectivity index (χ0v) is 13.1. The van der Waals surface area contributed by atoms with Gasteiger partial charge < -0.3 is 10.1 Å². The molecule has 1 atom stereocenters. The van der Waals surface area contributed by atoms with Crippen LogP contribution in [-0.2, 0) is 4.79 Å². The highest BCUT2D eigenvalue weighted by molar-refractivity contribution is 6.30. The molecule has 2 rings (SSSR count). The molecule has 0 heterocycles. The number of halogens is 1. The topological polar surface area (TPSA) is 81.5 Å². The van der Waals surface area contributed by atoms with Gasteiger partial charge in [-0.2, -0.15) is 0 Å². The molecule has 0 fully saturated rings. The standard InChI is InChI=1S/C16H15ClN2O4/c1-11(12-5-7-13(17)8-6-12)18-16(20)10-23-15-4-2-3-14(9-15)19(21)22/h2-9,11H,10H2,1H3,(H,18,20)/t11-/m1/s1. The van der Waals surface area contributed by atoms with E-state index in [4.69, 9.17) is 16.3 Å². The van der Waals surface area contributed by atoms with E-state index in [0.717, 1.165) is 5.56 Å².